The van der Waals surface area contributed by atoms with Crippen molar-refractivity contribution in [3.8, 4) is 5.75 Å². The molecule has 0 unspecified atom stereocenters. The van der Waals surface area contributed by atoms with Gasteiger partial charge in [-0.15, -0.1) is 13.2 Å². The second-order valence-corrected chi connectivity index (χ2v) is 7.93. The van der Waals surface area contributed by atoms with E-state index in [9.17, 15) is 26.3 Å². The molecule has 0 bridgehead atoms. The fourth-order valence-corrected chi connectivity index (χ4v) is 4.80. The van der Waals surface area contributed by atoms with Crippen molar-refractivity contribution in [3.63, 3.8) is 0 Å². The predicted octanol–water partition coefficient (Wildman–Crippen LogP) is 7.65. The number of aryl methyl sites for hydroxylation is 1. The SMILES string of the molecule is CCC[C@@H]1CCc2c(ccc3ccc(F)cc23)[C@H]1c1cc(F)c(OC(F)(F)F)c(F)c1. The Labute approximate surface area is 175 Å². The Morgan fingerprint density at radius 3 is 2.29 bits per heavy atom. The van der Waals surface area contributed by atoms with Crippen LogP contribution in [0, 0.1) is 23.4 Å². The van der Waals surface area contributed by atoms with Crippen LogP contribution in [0.3, 0.4) is 0 Å². The topological polar surface area (TPSA) is 9.23 Å². The van der Waals surface area contributed by atoms with Crippen LogP contribution in [0.15, 0.2) is 42.5 Å². The first-order chi connectivity index (χ1) is 14.7. The first-order valence-corrected chi connectivity index (χ1v) is 10.1. The summed E-state index contributed by atoms with van der Waals surface area (Å²) in [5.41, 5.74) is 1.98. The van der Waals surface area contributed by atoms with Crippen LogP contribution in [0.2, 0.25) is 0 Å². The average molecular weight is 438 g/mol. The van der Waals surface area contributed by atoms with Crippen molar-refractivity contribution in [1.29, 1.82) is 0 Å². The number of fused-ring (bicyclic) bond motifs is 3. The van der Waals surface area contributed by atoms with Crippen molar-refractivity contribution in [3.05, 3.63) is 76.6 Å². The molecular formula is C24H20F6O. The van der Waals surface area contributed by atoms with Gasteiger partial charge < -0.3 is 4.74 Å². The molecule has 0 spiro atoms. The number of hydrogen-bond acceptors (Lipinski definition) is 1. The van der Waals surface area contributed by atoms with Crippen molar-refractivity contribution in [2.75, 3.05) is 0 Å². The van der Waals surface area contributed by atoms with E-state index >= 15 is 0 Å². The summed E-state index contributed by atoms with van der Waals surface area (Å²) in [6.45, 7) is 2.00. The maximum absolute atomic E-state index is 14.5. The Hall–Kier alpha value is -2.70. The third kappa shape index (κ3) is 4.23. The minimum Gasteiger partial charge on any atom is -0.399 e. The standard InChI is InChI=1S/C24H20F6O/c1-2-3-14-6-8-17-18(9-5-13-4-7-16(25)12-19(13)17)22(14)15-10-20(26)23(21(27)11-15)31-24(28,29)30/h4-5,7,9-12,14,22H,2-3,6,8H2,1H3/t14-,22-/m1/s1. The smallest absolute Gasteiger partial charge is 0.399 e. The van der Waals surface area contributed by atoms with Crippen molar-refractivity contribution >= 4 is 10.8 Å². The number of rotatable bonds is 4. The molecule has 0 N–H and O–H groups in total. The Morgan fingerprint density at radius 1 is 0.968 bits per heavy atom. The van der Waals surface area contributed by atoms with Gasteiger partial charge in [-0.05, 0) is 76.9 Å². The highest BCUT2D eigenvalue weighted by Crippen LogP contribution is 2.46. The van der Waals surface area contributed by atoms with E-state index in [0.717, 1.165) is 53.3 Å². The fraction of sp³-hybridized carbons (Fsp3) is 0.333. The van der Waals surface area contributed by atoms with Gasteiger partial charge in [-0.1, -0.05) is 31.5 Å². The highest BCUT2D eigenvalue weighted by Gasteiger charge is 2.36. The van der Waals surface area contributed by atoms with Gasteiger partial charge >= 0.3 is 6.36 Å². The van der Waals surface area contributed by atoms with Crippen LogP contribution in [0.5, 0.6) is 5.75 Å². The second kappa shape index (κ2) is 8.09. The largest absolute Gasteiger partial charge is 0.573 e. The molecule has 1 nitrogen and oxygen atoms in total. The van der Waals surface area contributed by atoms with E-state index in [2.05, 4.69) is 4.74 Å². The molecule has 0 radical (unpaired) electrons. The van der Waals surface area contributed by atoms with E-state index in [1.54, 1.807) is 6.07 Å². The minimum absolute atomic E-state index is 0.0525. The third-order valence-electron chi connectivity index (χ3n) is 5.96. The Balaban J connectivity index is 1.86. The molecule has 0 fully saturated rings. The quantitative estimate of drug-likeness (QED) is 0.380. The molecular weight excluding hydrogens is 418 g/mol. The summed E-state index contributed by atoms with van der Waals surface area (Å²) in [6, 6.07) is 10.1. The second-order valence-electron chi connectivity index (χ2n) is 7.93. The van der Waals surface area contributed by atoms with E-state index in [4.69, 9.17) is 0 Å². The van der Waals surface area contributed by atoms with Crippen LogP contribution < -0.4 is 4.74 Å². The normalized spacial score (nSPS) is 18.8. The van der Waals surface area contributed by atoms with Gasteiger partial charge in [-0.25, -0.2) is 13.2 Å². The van der Waals surface area contributed by atoms with Gasteiger partial charge in [-0.3, -0.25) is 0 Å². The molecule has 3 aromatic carbocycles. The van der Waals surface area contributed by atoms with E-state index in [1.165, 1.54) is 12.1 Å². The number of halogens is 6. The average Bonchev–Trinajstić information content (AvgIpc) is 2.69. The lowest BCUT2D eigenvalue weighted by Crippen LogP contribution is -2.23. The fourth-order valence-electron chi connectivity index (χ4n) is 4.80. The Bertz CT molecular complexity index is 1100. The molecule has 0 aliphatic heterocycles. The zero-order valence-corrected chi connectivity index (χ0v) is 16.7. The van der Waals surface area contributed by atoms with E-state index in [1.807, 2.05) is 19.1 Å². The molecule has 31 heavy (non-hydrogen) atoms. The lowest BCUT2D eigenvalue weighted by atomic mass is 9.69. The molecule has 0 heterocycles. The summed E-state index contributed by atoms with van der Waals surface area (Å²) >= 11 is 0. The highest BCUT2D eigenvalue weighted by atomic mass is 19.4. The first kappa shape index (κ1) is 21.5. The van der Waals surface area contributed by atoms with Crippen molar-refractivity contribution in [2.45, 2.75) is 44.9 Å². The summed E-state index contributed by atoms with van der Waals surface area (Å²) in [5.74, 6) is -5.00. The van der Waals surface area contributed by atoms with E-state index in [0.29, 0.717) is 6.42 Å². The number of ether oxygens (including phenoxy) is 1. The summed E-state index contributed by atoms with van der Waals surface area (Å²) in [7, 11) is 0. The van der Waals surface area contributed by atoms with Crippen molar-refractivity contribution < 1.29 is 31.1 Å². The zero-order chi connectivity index (χ0) is 22.3. The summed E-state index contributed by atoms with van der Waals surface area (Å²) in [6.07, 6.45) is -2.15. The maximum atomic E-state index is 14.5. The number of hydrogen-bond donors (Lipinski definition) is 0. The zero-order valence-electron chi connectivity index (χ0n) is 16.7. The Morgan fingerprint density at radius 2 is 1.65 bits per heavy atom. The van der Waals surface area contributed by atoms with Gasteiger partial charge in [0.15, 0.2) is 11.6 Å². The lowest BCUT2D eigenvalue weighted by molar-refractivity contribution is -0.276. The predicted molar refractivity (Wildman–Crippen MR) is 106 cm³/mol. The van der Waals surface area contributed by atoms with Crippen LogP contribution in [-0.2, 0) is 6.42 Å². The molecule has 7 heteroatoms. The van der Waals surface area contributed by atoms with Gasteiger partial charge in [0.05, 0.1) is 0 Å². The van der Waals surface area contributed by atoms with Gasteiger partial charge in [0.1, 0.15) is 5.82 Å². The van der Waals surface area contributed by atoms with E-state index in [-0.39, 0.29) is 17.3 Å². The van der Waals surface area contributed by atoms with Gasteiger partial charge in [0, 0.05) is 5.92 Å². The van der Waals surface area contributed by atoms with E-state index < -0.39 is 29.7 Å². The molecule has 2 atom stereocenters. The van der Waals surface area contributed by atoms with Crippen LogP contribution >= 0.6 is 0 Å². The highest BCUT2D eigenvalue weighted by molar-refractivity contribution is 5.87. The van der Waals surface area contributed by atoms with Crippen LogP contribution in [0.4, 0.5) is 26.3 Å². The van der Waals surface area contributed by atoms with Gasteiger partial charge in [0.2, 0.25) is 5.75 Å². The first-order valence-electron chi connectivity index (χ1n) is 10.1. The molecule has 0 saturated carbocycles. The molecule has 4 rings (SSSR count). The molecule has 0 amide bonds. The van der Waals surface area contributed by atoms with Crippen molar-refractivity contribution in [2.24, 2.45) is 5.92 Å². The Kier molecular flexibility index (Phi) is 5.62. The van der Waals surface area contributed by atoms with Crippen LogP contribution in [0.25, 0.3) is 10.8 Å². The minimum atomic E-state index is -5.20. The monoisotopic (exact) mass is 438 g/mol. The van der Waals surface area contributed by atoms with Crippen LogP contribution in [-0.4, -0.2) is 6.36 Å². The van der Waals surface area contributed by atoms with Gasteiger partial charge in [0.25, 0.3) is 0 Å². The molecule has 0 aromatic heterocycles. The number of alkyl halides is 3. The molecule has 1 aliphatic carbocycles. The van der Waals surface area contributed by atoms with Gasteiger partial charge in [-0.2, -0.15) is 0 Å². The summed E-state index contributed by atoms with van der Waals surface area (Å²) < 4.78 is 83.9. The summed E-state index contributed by atoms with van der Waals surface area (Å²) in [4.78, 5) is 0. The maximum Gasteiger partial charge on any atom is 0.573 e. The third-order valence-corrected chi connectivity index (χ3v) is 5.96. The van der Waals surface area contributed by atoms with Crippen LogP contribution in [0.1, 0.15) is 48.8 Å². The molecule has 1 aliphatic rings. The van der Waals surface area contributed by atoms with Crippen molar-refractivity contribution in [1.82, 2.24) is 0 Å². The molecule has 0 saturated heterocycles. The molecule has 3 aromatic rings. The number of benzene rings is 3. The summed E-state index contributed by atoms with van der Waals surface area (Å²) in [5, 5.41) is 1.61. The molecule has 164 valence electrons. The lowest BCUT2D eigenvalue weighted by Gasteiger charge is -2.35.